The lowest BCUT2D eigenvalue weighted by Gasteiger charge is -2.12. The van der Waals surface area contributed by atoms with E-state index in [-0.39, 0.29) is 12.5 Å². The van der Waals surface area contributed by atoms with Crippen LogP contribution in [0.3, 0.4) is 0 Å². The largest absolute Gasteiger partial charge is 0.419 e. The van der Waals surface area contributed by atoms with E-state index in [1.165, 1.54) is 0 Å². The van der Waals surface area contributed by atoms with Gasteiger partial charge in [0.05, 0.1) is 11.1 Å². The molecule has 0 aromatic heterocycles. The maximum atomic E-state index is 13.6. The Labute approximate surface area is 102 Å². The highest BCUT2D eigenvalue weighted by molar-refractivity contribution is 5.94. The fourth-order valence-electron chi connectivity index (χ4n) is 1.32. The van der Waals surface area contributed by atoms with Crippen LogP contribution in [0.25, 0.3) is 0 Å². The lowest BCUT2D eigenvalue weighted by Crippen LogP contribution is -2.28. The van der Waals surface area contributed by atoms with Gasteiger partial charge < -0.3 is 5.32 Å². The third-order valence-electron chi connectivity index (χ3n) is 2.22. The molecule has 1 rings (SSSR count). The molecule has 0 saturated carbocycles. The Hall–Kier alpha value is -1.59. The Kier molecular flexibility index (Phi) is 4.32. The van der Waals surface area contributed by atoms with Crippen molar-refractivity contribution in [2.45, 2.75) is 20.0 Å². The summed E-state index contributed by atoms with van der Waals surface area (Å²) in [5.74, 6) is -2.25. The van der Waals surface area contributed by atoms with Gasteiger partial charge in [-0.05, 0) is 18.1 Å². The van der Waals surface area contributed by atoms with Crippen LogP contribution in [0.4, 0.5) is 17.6 Å². The molecule has 0 heterocycles. The van der Waals surface area contributed by atoms with Crippen molar-refractivity contribution in [2.24, 2.45) is 5.92 Å². The van der Waals surface area contributed by atoms with Crippen molar-refractivity contribution in [1.29, 1.82) is 0 Å². The van der Waals surface area contributed by atoms with Gasteiger partial charge in [0.15, 0.2) is 0 Å². The molecule has 0 spiro atoms. The second-order valence-corrected chi connectivity index (χ2v) is 4.27. The van der Waals surface area contributed by atoms with Crippen LogP contribution in [0.1, 0.15) is 29.8 Å². The molecule has 0 aliphatic rings. The van der Waals surface area contributed by atoms with E-state index in [1.807, 2.05) is 13.8 Å². The topological polar surface area (TPSA) is 29.1 Å². The normalized spacial score (nSPS) is 11.7. The van der Waals surface area contributed by atoms with Crippen molar-refractivity contribution < 1.29 is 22.4 Å². The summed E-state index contributed by atoms with van der Waals surface area (Å²) in [5, 5.41) is 2.37. The van der Waals surface area contributed by atoms with E-state index < -0.39 is 29.0 Å². The van der Waals surface area contributed by atoms with E-state index >= 15 is 0 Å². The maximum absolute atomic E-state index is 13.6. The van der Waals surface area contributed by atoms with Crippen LogP contribution in [-0.2, 0) is 6.18 Å². The van der Waals surface area contributed by atoms with E-state index in [4.69, 9.17) is 0 Å². The summed E-state index contributed by atoms with van der Waals surface area (Å²) in [4.78, 5) is 11.5. The first kappa shape index (κ1) is 14.5. The molecule has 6 heteroatoms. The number of halogens is 4. The van der Waals surface area contributed by atoms with Gasteiger partial charge in [-0.3, -0.25) is 4.79 Å². The molecule has 0 atom stereocenters. The molecule has 0 aliphatic heterocycles. The Morgan fingerprint density at radius 2 is 1.94 bits per heavy atom. The molecule has 1 aromatic carbocycles. The van der Waals surface area contributed by atoms with Crippen molar-refractivity contribution in [1.82, 2.24) is 5.32 Å². The molecule has 0 saturated heterocycles. The third kappa shape index (κ3) is 3.45. The zero-order chi connectivity index (χ0) is 13.9. The van der Waals surface area contributed by atoms with Gasteiger partial charge in [-0.2, -0.15) is 13.2 Å². The molecule has 0 fully saturated rings. The van der Waals surface area contributed by atoms with Crippen LogP contribution in [0, 0.1) is 11.7 Å². The van der Waals surface area contributed by atoms with Crippen LogP contribution >= 0.6 is 0 Å². The standard InChI is InChI=1S/C12H13F4NO/c1-7(2)6-17-11(18)8-4-3-5-9(10(8)13)12(14,15)16/h3-5,7H,6H2,1-2H3,(H,17,18). The highest BCUT2D eigenvalue weighted by atomic mass is 19.4. The average molecular weight is 263 g/mol. The van der Waals surface area contributed by atoms with Crippen LogP contribution in [0.5, 0.6) is 0 Å². The van der Waals surface area contributed by atoms with Crippen LogP contribution in [0.2, 0.25) is 0 Å². The van der Waals surface area contributed by atoms with Gasteiger partial charge in [-0.15, -0.1) is 0 Å². The predicted molar refractivity (Wildman–Crippen MR) is 58.6 cm³/mol. The van der Waals surface area contributed by atoms with Crippen molar-refractivity contribution in [3.63, 3.8) is 0 Å². The zero-order valence-electron chi connectivity index (χ0n) is 9.94. The molecular weight excluding hydrogens is 250 g/mol. The van der Waals surface area contributed by atoms with Gasteiger partial charge in [0.25, 0.3) is 5.91 Å². The highest BCUT2D eigenvalue weighted by Crippen LogP contribution is 2.32. The van der Waals surface area contributed by atoms with Gasteiger partial charge in [-0.25, -0.2) is 4.39 Å². The molecule has 18 heavy (non-hydrogen) atoms. The number of carbonyl (C=O) groups is 1. The Bertz CT molecular complexity index is 440. The molecule has 2 nitrogen and oxygen atoms in total. The fraction of sp³-hybridized carbons (Fsp3) is 0.417. The number of benzene rings is 1. The van der Waals surface area contributed by atoms with Gasteiger partial charge in [-0.1, -0.05) is 19.9 Å². The summed E-state index contributed by atoms with van der Waals surface area (Å²) in [7, 11) is 0. The molecular formula is C12H13F4NO. The third-order valence-corrected chi connectivity index (χ3v) is 2.22. The van der Waals surface area contributed by atoms with E-state index in [1.54, 1.807) is 0 Å². The highest BCUT2D eigenvalue weighted by Gasteiger charge is 2.35. The molecule has 0 aliphatic carbocycles. The molecule has 100 valence electrons. The number of nitrogens with one attached hydrogen (secondary N) is 1. The number of rotatable bonds is 3. The Morgan fingerprint density at radius 1 is 1.33 bits per heavy atom. The summed E-state index contributed by atoms with van der Waals surface area (Å²) in [6.45, 7) is 3.92. The van der Waals surface area contributed by atoms with E-state index in [0.717, 1.165) is 12.1 Å². The summed E-state index contributed by atoms with van der Waals surface area (Å²) >= 11 is 0. The molecule has 1 amide bonds. The van der Waals surface area contributed by atoms with Gasteiger partial charge in [0.2, 0.25) is 0 Å². The number of amides is 1. The minimum Gasteiger partial charge on any atom is -0.352 e. The predicted octanol–water partition coefficient (Wildman–Crippen LogP) is 3.23. The van der Waals surface area contributed by atoms with Gasteiger partial charge >= 0.3 is 6.18 Å². The van der Waals surface area contributed by atoms with Crippen LogP contribution in [0.15, 0.2) is 18.2 Å². The fourth-order valence-corrected chi connectivity index (χ4v) is 1.32. The van der Waals surface area contributed by atoms with Crippen molar-refractivity contribution >= 4 is 5.91 Å². The molecule has 0 radical (unpaired) electrons. The molecule has 0 bridgehead atoms. The number of alkyl halides is 3. The summed E-state index contributed by atoms with van der Waals surface area (Å²) in [5.41, 5.74) is -2.02. The maximum Gasteiger partial charge on any atom is 0.419 e. The van der Waals surface area contributed by atoms with Gasteiger partial charge in [0, 0.05) is 6.54 Å². The first-order valence-corrected chi connectivity index (χ1v) is 5.37. The number of hydrogen-bond acceptors (Lipinski definition) is 1. The zero-order valence-corrected chi connectivity index (χ0v) is 9.94. The second-order valence-electron chi connectivity index (χ2n) is 4.27. The number of hydrogen-bond donors (Lipinski definition) is 1. The Balaban J connectivity index is 3.01. The van der Waals surface area contributed by atoms with Crippen LogP contribution < -0.4 is 5.32 Å². The molecule has 0 unspecified atom stereocenters. The minimum atomic E-state index is -4.81. The monoisotopic (exact) mass is 263 g/mol. The second kappa shape index (κ2) is 5.37. The summed E-state index contributed by atoms with van der Waals surface area (Å²) in [6.07, 6.45) is -4.81. The van der Waals surface area contributed by atoms with E-state index in [0.29, 0.717) is 6.07 Å². The number of carbonyl (C=O) groups excluding carboxylic acids is 1. The van der Waals surface area contributed by atoms with Crippen molar-refractivity contribution in [2.75, 3.05) is 6.54 Å². The lowest BCUT2D eigenvalue weighted by atomic mass is 10.1. The average Bonchev–Trinajstić information content (AvgIpc) is 2.24. The Morgan fingerprint density at radius 3 is 2.44 bits per heavy atom. The summed E-state index contributed by atoms with van der Waals surface area (Å²) in [6, 6.07) is 2.64. The summed E-state index contributed by atoms with van der Waals surface area (Å²) < 4.78 is 50.9. The minimum absolute atomic E-state index is 0.128. The first-order chi connectivity index (χ1) is 8.23. The SMILES string of the molecule is CC(C)CNC(=O)c1cccc(C(F)(F)F)c1F. The quantitative estimate of drug-likeness (QED) is 0.833. The smallest absolute Gasteiger partial charge is 0.352 e. The molecule has 1 N–H and O–H groups in total. The van der Waals surface area contributed by atoms with Crippen LogP contribution in [-0.4, -0.2) is 12.5 Å². The molecule has 1 aromatic rings. The first-order valence-electron chi connectivity index (χ1n) is 5.37. The lowest BCUT2D eigenvalue weighted by molar-refractivity contribution is -0.140. The van der Waals surface area contributed by atoms with Crippen molar-refractivity contribution in [3.8, 4) is 0 Å². The van der Waals surface area contributed by atoms with Gasteiger partial charge in [0.1, 0.15) is 5.82 Å². The van der Waals surface area contributed by atoms with E-state index in [2.05, 4.69) is 5.32 Å². The van der Waals surface area contributed by atoms with Crippen molar-refractivity contribution in [3.05, 3.63) is 35.1 Å². The van der Waals surface area contributed by atoms with E-state index in [9.17, 15) is 22.4 Å².